The van der Waals surface area contributed by atoms with Gasteiger partial charge in [0.15, 0.2) is 6.29 Å². The summed E-state index contributed by atoms with van der Waals surface area (Å²) in [5.41, 5.74) is 1.13. The molecule has 0 saturated heterocycles. The average molecular weight is 205 g/mol. The minimum Gasteiger partial charge on any atom is -0.346 e. The maximum absolute atomic E-state index is 11.6. The van der Waals surface area contributed by atoms with Crippen molar-refractivity contribution < 1.29 is 4.79 Å². The lowest BCUT2D eigenvalue weighted by Crippen LogP contribution is -2.19. The first-order valence-corrected chi connectivity index (χ1v) is 4.70. The molecule has 0 fully saturated rings. The number of hydrogen-bond donors (Lipinski definition) is 1. The van der Waals surface area contributed by atoms with Crippen LogP contribution < -0.4 is 5.56 Å². The van der Waals surface area contributed by atoms with Gasteiger partial charge < -0.3 is 4.98 Å². The van der Waals surface area contributed by atoms with Crippen molar-refractivity contribution in [2.75, 3.05) is 0 Å². The van der Waals surface area contributed by atoms with E-state index in [4.69, 9.17) is 0 Å². The van der Waals surface area contributed by atoms with E-state index in [0.29, 0.717) is 11.9 Å². The fourth-order valence-corrected chi connectivity index (χ4v) is 1.36. The number of aromatic amines is 1. The molecule has 2 aromatic rings. The van der Waals surface area contributed by atoms with Gasteiger partial charge in [-0.05, 0) is 5.92 Å². The van der Waals surface area contributed by atoms with Gasteiger partial charge in [-0.25, -0.2) is 0 Å². The van der Waals surface area contributed by atoms with Crippen molar-refractivity contribution in [3.05, 3.63) is 33.9 Å². The molecule has 2 rings (SSSR count). The molecule has 0 amide bonds. The molecule has 0 aromatic carbocycles. The van der Waals surface area contributed by atoms with Gasteiger partial charge in [0.05, 0.1) is 11.3 Å². The molecule has 0 bridgehead atoms. The van der Waals surface area contributed by atoms with Crippen molar-refractivity contribution >= 4 is 11.9 Å². The first-order valence-electron chi connectivity index (χ1n) is 4.70. The Balaban J connectivity index is 2.77. The highest BCUT2D eigenvalue weighted by Crippen LogP contribution is 2.12. The maximum atomic E-state index is 11.6. The molecule has 5 heteroatoms. The van der Waals surface area contributed by atoms with E-state index in [2.05, 4.69) is 10.1 Å². The van der Waals surface area contributed by atoms with E-state index in [0.717, 1.165) is 5.69 Å². The van der Waals surface area contributed by atoms with Crippen molar-refractivity contribution in [2.45, 2.75) is 19.8 Å². The van der Waals surface area contributed by atoms with E-state index in [1.807, 2.05) is 13.8 Å². The largest absolute Gasteiger partial charge is 0.346 e. The van der Waals surface area contributed by atoms with Crippen molar-refractivity contribution in [1.82, 2.24) is 14.6 Å². The number of aldehydes is 1. The zero-order valence-electron chi connectivity index (χ0n) is 8.52. The minimum atomic E-state index is -0.384. The number of H-pyrrole nitrogens is 1. The van der Waals surface area contributed by atoms with Crippen molar-refractivity contribution in [3.8, 4) is 0 Å². The van der Waals surface area contributed by atoms with E-state index in [1.54, 1.807) is 6.07 Å². The van der Waals surface area contributed by atoms with Crippen LogP contribution in [0.4, 0.5) is 0 Å². The van der Waals surface area contributed by atoms with E-state index in [-0.39, 0.29) is 17.0 Å². The van der Waals surface area contributed by atoms with Gasteiger partial charge in [0.25, 0.3) is 5.56 Å². The number of carbonyl (C=O) groups excluding carboxylic acids is 1. The topological polar surface area (TPSA) is 67.2 Å². The zero-order chi connectivity index (χ0) is 11.0. The Morgan fingerprint density at radius 2 is 2.27 bits per heavy atom. The quantitative estimate of drug-likeness (QED) is 0.742. The molecule has 5 nitrogen and oxygen atoms in total. The molecule has 0 unspecified atom stereocenters. The fourth-order valence-electron chi connectivity index (χ4n) is 1.36. The van der Waals surface area contributed by atoms with Gasteiger partial charge in [0.1, 0.15) is 5.65 Å². The number of carbonyl (C=O) groups is 1. The van der Waals surface area contributed by atoms with Crippen molar-refractivity contribution in [2.24, 2.45) is 0 Å². The first-order chi connectivity index (χ1) is 7.13. The van der Waals surface area contributed by atoms with Crippen LogP contribution in [-0.4, -0.2) is 20.9 Å². The molecule has 2 heterocycles. The maximum Gasteiger partial charge on any atom is 0.284 e. The molecule has 78 valence electrons. The lowest BCUT2D eigenvalue weighted by atomic mass is 10.1. The van der Waals surface area contributed by atoms with Crippen LogP contribution in [0.1, 0.15) is 35.8 Å². The summed E-state index contributed by atoms with van der Waals surface area (Å²) >= 11 is 0. The Hall–Kier alpha value is -1.91. The van der Waals surface area contributed by atoms with E-state index < -0.39 is 0 Å². The van der Waals surface area contributed by atoms with Gasteiger partial charge in [-0.15, -0.1) is 0 Å². The predicted molar refractivity (Wildman–Crippen MR) is 55.3 cm³/mol. The Morgan fingerprint density at radius 1 is 1.53 bits per heavy atom. The van der Waals surface area contributed by atoms with E-state index in [1.165, 1.54) is 10.7 Å². The Kier molecular flexibility index (Phi) is 2.15. The molecular weight excluding hydrogens is 194 g/mol. The highest BCUT2D eigenvalue weighted by atomic mass is 16.1. The molecule has 0 aliphatic rings. The summed E-state index contributed by atoms with van der Waals surface area (Å²) in [5.74, 6) is 0.248. The van der Waals surface area contributed by atoms with Crippen LogP contribution in [0.3, 0.4) is 0 Å². The Bertz CT molecular complexity index is 566. The third-order valence-electron chi connectivity index (χ3n) is 2.26. The Morgan fingerprint density at radius 3 is 2.87 bits per heavy atom. The average Bonchev–Trinajstić information content (AvgIpc) is 2.63. The van der Waals surface area contributed by atoms with Gasteiger partial charge in [-0.1, -0.05) is 13.8 Å². The van der Waals surface area contributed by atoms with E-state index >= 15 is 0 Å². The molecule has 0 saturated carbocycles. The molecule has 0 radical (unpaired) electrons. The second-order valence-electron chi connectivity index (χ2n) is 3.69. The first kappa shape index (κ1) is 9.64. The van der Waals surface area contributed by atoms with Gasteiger partial charge in [0.2, 0.25) is 0 Å². The van der Waals surface area contributed by atoms with Crippen LogP contribution in [0.2, 0.25) is 0 Å². The lowest BCUT2D eigenvalue weighted by Gasteiger charge is -1.95. The number of rotatable bonds is 2. The van der Waals surface area contributed by atoms with Gasteiger partial charge in [-0.2, -0.15) is 9.61 Å². The number of hydrogen-bond acceptors (Lipinski definition) is 3. The number of nitrogens with zero attached hydrogens (tertiary/aromatic N) is 2. The smallest absolute Gasteiger partial charge is 0.284 e. The minimum absolute atomic E-state index is 0.0842. The van der Waals surface area contributed by atoms with Crippen LogP contribution in [0.5, 0.6) is 0 Å². The summed E-state index contributed by atoms with van der Waals surface area (Å²) in [4.78, 5) is 25.1. The van der Waals surface area contributed by atoms with Crippen molar-refractivity contribution in [3.63, 3.8) is 0 Å². The summed E-state index contributed by atoms with van der Waals surface area (Å²) in [7, 11) is 0. The molecular formula is C10H11N3O2. The predicted octanol–water partition coefficient (Wildman–Crippen LogP) is 0.958. The highest BCUT2D eigenvalue weighted by Gasteiger charge is 2.09. The third kappa shape index (κ3) is 1.45. The van der Waals surface area contributed by atoms with Gasteiger partial charge in [-0.3, -0.25) is 9.59 Å². The van der Waals surface area contributed by atoms with Gasteiger partial charge in [0, 0.05) is 12.3 Å². The normalized spacial score (nSPS) is 11.1. The number of fused-ring (bicyclic) bond motifs is 1. The van der Waals surface area contributed by atoms with Gasteiger partial charge >= 0.3 is 0 Å². The van der Waals surface area contributed by atoms with Crippen LogP contribution in [-0.2, 0) is 0 Å². The van der Waals surface area contributed by atoms with Crippen LogP contribution >= 0.6 is 0 Å². The summed E-state index contributed by atoms with van der Waals surface area (Å²) in [6.45, 7) is 3.99. The molecule has 1 N–H and O–H groups in total. The molecule has 15 heavy (non-hydrogen) atoms. The second kappa shape index (κ2) is 3.34. The molecule has 0 aliphatic heterocycles. The number of nitrogens with one attached hydrogen (secondary N) is 1. The third-order valence-corrected chi connectivity index (χ3v) is 2.26. The summed E-state index contributed by atoms with van der Waals surface area (Å²) in [6, 6.07) is 1.81. The molecule has 0 aliphatic carbocycles. The Labute approximate surface area is 85.7 Å². The van der Waals surface area contributed by atoms with Crippen LogP contribution in [0, 0.1) is 0 Å². The monoisotopic (exact) mass is 205 g/mol. The van der Waals surface area contributed by atoms with Crippen LogP contribution in [0.15, 0.2) is 17.1 Å². The molecule has 2 aromatic heterocycles. The second-order valence-corrected chi connectivity index (χ2v) is 3.69. The van der Waals surface area contributed by atoms with Crippen LogP contribution in [0.25, 0.3) is 5.65 Å². The summed E-state index contributed by atoms with van der Waals surface area (Å²) in [6.07, 6.45) is 1.92. The highest BCUT2D eigenvalue weighted by molar-refractivity contribution is 5.73. The molecule has 0 atom stereocenters. The van der Waals surface area contributed by atoms with E-state index in [9.17, 15) is 9.59 Å². The summed E-state index contributed by atoms with van der Waals surface area (Å²) in [5, 5.41) is 4.13. The van der Waals surface area contributed by atoms with Crippen molar-refractivity contribution in [1.29, 1.82) is 0 Å². The molecule has 0 spiro atoms. The standard InChI is InChI=1S/C10H11N3O2/c1-6(2)8-3-9-11-4-7(5-14)10(15)13(9)12-8/h3-6,11H,1-2H3. The summed E-state index contributed by atoms with van der Waals surface area (Å²) < 4.78 is 1.22. The number of aromatic nitrogens is 3. The SMILES string of the molecule is CC(C)c1cc2[nH]cc(C=O)c(=O)n2n1. The lowest BCUT2D eigenvalue weighted by molar-refractivity contribution is 0.112. The fraction of sp³-hybridized carbons (Fsp3) is 0.300. The zero-order valence-corrected chi connectivity index (χ0v) is 8.52.